The summed E-state index contributed by atoms with van der Waals surface area (Å²) in [6.07, 6.45) is 2.03. The molecule has 2 rings (SSSR count). The van der Waals surface area contributed by atoms with E-state index in [9.17, 15) is 0 Å². The van der Waals surface area contributed by atoms with E-state index in [1.54, 1.807) is 0 Å². The first-order chi connectivity index (χ1) is 8.77. The molecule has 0 saturated heterocycles. The van der Waals surface area contributed by atoms with Crippen molar-refractivity contribution in [2.24, 2.45) is 0 Å². The second-order valence-corrected chi connectivity index (χ2v) is 4.42. The van der Waals surface area contributed by atoms with E-state index >= 15 is 0 Å². The maximum Gasteiger partial charge on any atom is 0.142 e. The van der Waals surface area contributed by atoms with Crippen LogP contribution in [-0.4, -0.2) is 6.61 Å². The van der Waals surface area contributed by atoms with Crippen LogP contribution in [0.2, 0.25) is 0 Å². The number of nitrogens with two attached hydrogens (primary N) is 1. The molecule has 0 heterocycles. The van der Waals surface area contributed by atoms with Crippen LogP contribution in [-0.2, 0) is 6.42 Å². The van der Waals surface area contributed by atoms with E-state index in [0.29, 0.717) is 6.61 Å². The van der Waals surface area contributed by atoms with Gasteiger partial charge < -0.3 is 10.5 Å². The zero-order valence-corrected chi connectivity index (χ0v) is 10.7. The predicted octanol–water partition coefficient (Wildman–Crippen LogP) is 3.59. The average Bonchev–Trinajstić information content (AvgIpc) is 2.40. The van der Waals surface area contributed by atoms with Crippen molar-refractivity contribution >= 4 is 5.69 Å². The van der Waals surface area contributed by atoms with Gasteiger partial charge >= 0.3 is 0 Å². The second-order valence-electron chi connectivity index (χ2n) is 4.42. The fourth-order valence-corrected chi connectivity index (χ4v) is 1.88. The SMILES string of the molecule is Cc1cccc(OCCCc2ccccc2)c1N. The van der Waals surface area contributed by atoms with Crippen LogP contribution in [0.1, 0.15) is 17.5 Å². The number of para-hydroxylation sites is 1. The Morgan fingerprint density at radius 2 is 1.78 bits per heavy atom. The van der Waals surface area contributed by atoms with E-state index in [2.05, 4.69) is 24.3 Å². The van der Waals surface area contributed by atoms with Gasteiger partial charge in [-0.2, -0.15) is 0 Å². The molecule has 0 amide bonds. The summed E-state index contributed by atoms with van der Waals surface area (Å²) in [7, 11) is 0. The molecular formula is C16H19NO. The Balaban J connectivity index is 1.81. The van der Waals surface area contributed by atoms with E-state index in [1.807, 2.05) is 31.2 Å². The van der Waals surface area contributed by atoms with Crippen molar-refractivity contribution in [3.05, 3.63) is 59.7 Å². The highest BCUT2D eigenvalue weighted by Gasteiger charge is 2.02. The summed E-state index contributed by atoms with van der Waals surface area (Å²) in [5.74, 6) is 0.795. The molecule has 94 valence electrons. The first-order valence-electron chi connectivity index (χ1n) is 6.29. The Morgan fingerprint density at radius 1 is 1.00 bits per heavy atom. The quantitative estimate of drug-likeness (QED) is 0.641. The van der Waals surface area contributed by atoms with Crippen molar-refractivity contribution in [2.75, 3.05) is 12.3 Å². The molecule has 0 radical (unpaired) electrons. The molecule has 0 aromatic heterocycles. The van der Waals surface area contributed by atoms with Crippen molar-refractivity contribution in [1.29, 1.82) is 0 Å². The Morgan fingerprint density at radius 3 is 2.56 bits per heavy atom. The van der Waals surface area contributed by atoms with E-state index < -0.39 is 0 Å². The molecule has 2 aromatic carbocycles. The third-order valence-corrected chi connectivity index (χ3v) is 2.99. The summed E-state index contributed by atoms with van der Waals surface area (Å²) in [5.41, 5.74) is 9.11. The molecule has 0 fully saturated rings. The molecule has 0 atom stereocenters. The lowest BCUT2D eigenvalue weighted by molar-refractivity contribution is 0.312. The molecule has 18 heavy (non-hydrogen) atoms. The number of nitrogen functional groups attached to an aromatic ring is 1. The highest BCUT2D eigenvalue weighted by Crippen LogP contribution is 2.24. The van der Waals surface area contributed by atoms with Crippen LogP contribution in [0.25, 0.3) is 0 Å². The van der Waals surface area contributed by atoms with Crippen molar-refractivity contribution in [3.8, 4) is 5.75 Å². The second kappa shape index (κ2) is 6.10. The highest BCUT2D eigenvalue weighted by atomic mass is 16.5. The van der Waals surface area contributed by atoms with Gasteiger partial charge in [0.15, 0.2) is 0 Å². The van der Waals surface area contributed by atoms with Gasteiger partial charge in [-0.1, -0.05) is 42.5 Å². The lowest BCUT2D eigenvalue weighted by Crippen LogP contribution is -2.02. The molecule has 0 spiro atoms. The standard InChI is InChI=1S/C16H19NO/c1-13-7-5-11-15(16(13)17)18-12-6-10-14-8-3-2-4-9-14/h2-5,7-9,11H,6,10,12,17H2,1H3. The van der Waals surface area contributed by atoms with E-state index in [0.717, 1.165) is 29.8 Å². The molecule has 0 aliphatic heterocycles. The molecule has 0 bridgehead atoms. The molecule has 2 N–H and O–H groups in total. The van der Waals surface area contributed by atoms with Gasteiger partial charge in [-0.05, 0) is 37.0 Å². The average molecular weight is 241 g/mol. The molecule has 0 saturated carbocycles. The maximum atomic E-state index is 5.95. The third-order valence-electron chi connectivity index (χ3n) is 2.99. The normalized spacial score (nSPS) is 10.3. The van der Waals surface area contributed by atoms with Gasteiger partial charge in [-0.25, -0.2) is 0 Å². The largest absolute Gasteiger partial charge is 0.491 e. The summed E-state index contributed by atoms with van der Waals surface area (Å²) in [6, 6.07) is 16.3. The van der Waals surface area contributed by atoms with E-state index in [-0.39, 0.29) is 0 Å². The summed E-state index contributed by atoms with van der Waals surface area (Å²) < 4.78 is 5.71. The first kappa shape index (κ1) is 12.5. The highest BCUT2D eigenvalue weighted by molar-refractivity contribution is 5.57. The van der Waals surface area contributed by atoms with Crippen LogP contribution in [0.5, 0.6) is 5.75 Å². The molecule has 0 unspecified atom stereocenters. The number of ether oxygens (including phenoxy) is 1. The van der Waals surface area contributed by atoms with Crippen molar-refractivity contribution < 1.29 is 4.74 Å². The Labute approximate surface area is 108 Å². The van der Waals surface area contributed by atoms with Gasteiger partial charge in [0, 0.05) is 0 Å². The van der Waals surface area contributed by atoms with Gasteiger partial charge in [0.05, 0.1) is 12.3 Å². The third kappa shape index (κ3) is 3.27. The van der Waals surface area contributed by atoms with Gasteiger partial charge in [0.25, 0.3) is 0 Å². The Kier molecular flexibility index (Phi) is 4.24. The summed E-state index contributed by atoms with van der Waals surface area (Å²) in [6.45, 7) is 2.69. The number of hydrogen-bond acceptors (Lipinski definition) is 2. The van der Waals surface area contributed by atoms with Gasteiger partial charge in [-0.3, -0.25) is 0 Å². The van der Waals surface area contributed by atoms with E-state index in [4.69, 9.17) is 10.5 Å². The van der Waals surface area contributed by atoms with Crippen LogP contribution in [0, 0.1) is 6.92 Å². The number of hydrogen-bond donors (Lipinski definition) is 1. The van der Waals surface area contributed by atoms with Crippen LogP contribution in [0.15, 0.2) is 48.5 Å². The minimum atomic E-state index is 0.697. The lowest BCUT2D eigenvalue weighted by atomic mass is 10.1. The number of rotatable bonds is 5. The van der Waals surface area contributed by atoms with Crippen LogP contribution >= 0.6 is 0 Å². The van der Waals surface area contributed by atoms with Gasteiger partial charge in [0.2, 0.25) is 0 Å². The number of anilines is 1. The minimum absolute atomic E-state index is 0.697. The predicted molar refractivity (Wildman–Crippen MR) is 75.8 cm³/mol. The molecule has 2 heteroatoms. The van der Waals surface area contributed by atoms with Crippen molar-refractivity contribution in [1.82, 2.24) is 0 Å². The fourth-order valence-electron chi connectivity index (χ4n) is 1.88. The molecule has 2 nitrogen and oxygen atoms in total. The topological polar surface area (TPSA) is 35.2 Å². The van der Waals surface area contributed by atoms with Crippen molar-refractivity contribution in [3.63, 3.8) is 0 Å². The van der Waals surface area contributed by atoms with Gasteiger partial charge in [-0.15, -0.1) is 0 Å². The van der Waals surface area contributed by atoms with Gasteiger partial charge in [0.1, 0.15) is 5.75 Å². The fraction of sp³-hybridized carbons (Fsp3) is 0.250. The summed E-state index contributed by atoms with van der Waals surface area (Å²) >= 11 is 0. The monoisotopic (exact) mass is 241 g/mol. The molecule has 0 aliphatic carbocycles. The number of aryl methyl sites for hydroxylation is 2. The lowest BCUT2D eigenvalue weighted by Gasteiger charge is -2.10. The van der Waals surface area contributed by atoms with E-state index in [1.165, 1.54) is 5.56 Å². The van der Waals surface area contributed by atoms with Crippen LogP contribution in [0.3, 0.4) is 0 Å². The minimum Gasteiger partial charge on any atom is -0.491 e. The maximum absolute atomic E-state index is 5.95. The number of benzene rings is 2. The Bertz CT molecular complexity index is 494. The summed E-state index contributed by atoms with van der Waals surface area (Å²) in [5, 5.41) is 0. The molecule has 0 aliphatic rings. The first-order valence-corrected chi connectivity index (χ1v) is 6.29. The smallest absolute Gasteiger partial charge is 0.142 e. The van der Waals surface area contributed by atoms with Crippen LogP contribution < -0.4 is 10.5 Å². The summed E-state index contributed by atoms with van der Waals surface area (Å²) in [4.78, 5) is 0. The molecular weight excluding hydrogens is 222 g/mol. The molecule has 2 aromatic rings. The van der Waals surface area contributed by atoms with Crippen LogP contribution in [0.4, 0.5) is 5.69 Å². The Hall–Kier alpha value is -1.96. The van der Waals surface area contributed by atoms with Crippen molar-refractivity contribution in [2.45, 2.75) is 19.8 Å². The zero-order valence-electron chi connectivity index (χ0n) is 10.7. The zero-order chi connectivity index (χ0) is 12.8.